The van der Waals surface area contributed by atoms with Crippen LogP contribution in [0.25, 0.3) is 0 Å². The van der Waals surface area contributed by atoms with Gasteiger partial charge in [0.15, 0.2) is 5.60 Å². The van der Waals surface area contributed by atoms with Gasteiger partial charge in [-0.05, 0) is 31.5 Å². The third kappa shape index (κ3) is 3.98. The van der Waals surface area contributed by atoms with Crippen LogP contribution in [0.3, 0.4) is 0 Å². The molecule has 0 amide bonds. The lowest BCUT2D eigenvalue weighted by Crippen LogP contribution is -2.48. The van der Waals surface area contributed by atoms with Crippen LogP contribution in [0.4, 0.5) is 11.8 Å². The number of hydrogen-bond donors (Lipinski definition) is 2. The molecule has 0 unspecified atom stereocenters. The summed E-state index contributed by atoms with van der Waals surface area (Å²) in [6.45, 7) is 7.53. The third-order valence-electron chi connectivity index (χ3n) is 4.96. The van der Waals surface area contributed by atoms with E-state index in [1.54, 1.807) is 0 Å². The number of rotatable bonds is 4. The topological polar surface area (TPSA) is 109 Å². The van der Waals surface area contributed by atoms with Gasteiger partial charge in [0, 0.05) is 26.1 Å². The van der Waals surface area contributed by atoms with Crippen molar-refractivity contribution in [2.75, 3.05) is 37.8 Å². The van der Waals surface area contributed by atoms with Crippen LogP contribution in [0.1, 0.15) is 25.0 Å². The minimum absolute atomic E-state index is 0.128. The van der Waals surface area contributed by atoms with Gasteiger partial charge in [0.2, 0.25) is 11.8 Å². The Morgan fingerprint density at radius 1 is 1.21 bits per heavy atom. The maximum atomic E-state index is 6.21. The van der Waals surface area contributed by atoms with Crippen LogP contribution >= 0.6 is 0 Å². The van der Waals surface area contributed by atoms with Gasteiger partial charge in [-0.15, -0.1) is 0 Å². The van der Waals surface area contributed by atoms with Gasteiger partial charge in [-0.2, -0.15) is 9.97 Å². The summed E-state index contributed by atoms with van der Waals surface area (Å²) in [7, 11) is 0. The molecule has 0 bridgehead atoms. The molecule has 2 aromatic rings. The van der Waals surface area contributed by atoms with Gasteiger partial charge in [-0.25, -0.2) is 0 Å². The number of hydrogen-bond acceptors (Lipinski definition) is 8. The number of fused-ring (bicyclic) bond motifs is 1. The standard InChI is InChI=1S/C20H27N5O3/c1-13(2)27-15-5-3-14(4-6-15)10-25-7-8-26-12-20(11-25)9-16-17(21)23-19(22)24-18(16)28-20/h3-6,13H,7-12H2,1-2H3,(H4,21,22,23,24)/t20-/m0/s1. The average Bonchev–Trinajstić information content (AvgIpc) is 2.86. The Morgan fingerprint density at radius 2 is 2.00 bits per heavy atom. The number of nitrogens with zero attached hydrogens (tertiary/aromatic N) is 3. The summed E-state index contributed by atoms with van der Waals surface area (Å²) < 4.78 is 17.8. The van der Waals surface area contributed by atoms with Crippen LogP contribution in [-0.2, 0) is 17.7 Å². The number of nitrogens with two attached hydrogens (primary N) is 2. The zero-order valence-corrected chi connectivity index (χ0v) is 16.4. The van der Waals surface area contributed by atoms with Crippen LogP contribution in [0.2, 0.25) is 0 Å². The van der Waals surface area contributed by atoms with Gasteiger partial charge in [-0.3, -0.25) is 4.90 Å². The zero-order chi connectivity index (χ0) is 19.7. The maximum absolute atomic E-state index is 6.21. The molecule has 8 nitrogen and oxygen atoms in total. The van der Waals surface area contributed by atoms with E-state index >= 15 is 0 Å². The largest absolute Gasteiger partial charge is 0.491 e. The summed E-state index contributed by atoms with van der Waals surface area (Å²) in [5.41, 5.74) is 13.3. The average molecular weight is 385 g/mol. The monoisotopic (exact) mass is 385 g/mol. The molecule has 8 heteroatoms. The second kappa shape index (κ2) is 7.44. The van der Waals surface area contributed by atoms with E-state index in [9.17, 15) is 0 Å². The predicted molar refractivity (Wildman–Crippen MR) is 106 cm³/mol. The Bertz CT molecular complexity index is 842. The summed E-state index contributed by atoms with van der Waals surface area (Å²) in [5.74, 6) is 1.88. The molecule has 4 rings (SSSR count). The van der Waals surface area contributed by atoms with E-state index in [1.807, 2.05) is 26.0 Å². The SMILES string of the molecule is CC(C)Oc1ccc(CN2CCOC[C@]3(Cc4c(N)nc(N)nc4O3)C2)cc1. The first kappa shape index (κ1) is 18.8. The van der Waals surface area contributed by atoms with Crippen LogP contribution in [0.15, 0.2) is 24.3 Å². The second-order valence-electron chi connectivity index (χ2n) is 7.79. The van der Waals surface area contributed by atoms with Crippen molar-refractivity contribution in [1.29, 1.82) is 0 Å². The normalized spacial score (nSPS) is 22.1. The molecule has 3 heterocycles. The van der Waals surface area contributed by atoms with E-state index in [4.69, 9.17) is 25.7 Å². The second-order valence-corrected chi connectivity index (χ2v) is 7.79. The van der Waals surface area contributed by atoms with Crippen LogP contribution in [-0.4, -0.2) is 52.9 Å². The fourth-order valence-electron chi connectivity index (χ4n) is 3.80. The molecule has 150 valence electrons. The van der Waals surface area contributed by atoms with Crippen LogP contribution in [0.5, 0.6) is 11.6 Å². The van der Waals surface area contributed by atoms with Crippen molar-refractivity contribution in [1.82, 2.24) is 14.9 Å². The molecule has 1 fully saturated rings. The molecule has 1 spiro atoms. The van der Waals surface area contributed by atoms with E-state index in [-0.39, 0.29) is 12.1 Å². The lowest BCUT2D eigenvalue weighted by atomic mass is 9.97. The minimum Gasteiger partial charge on any atom is -0.491 e. The summed E-state index contributed by atoms with van der Waals surface area (Å²) in [5, 5.41) is 0. The highest BCUT2D eigenvalue weighted by molar-refractivity contribution is 5.52. The van der Waals surface area contributed by atoms with Gasteiger partial charge in [0.25, 0.3) is 0 Å². The van der Waals surface area contributed by atoms with E-state index in [2.05, 4.69) is 27.0 Å². The summed E-state index contributed by atoms with van der Waals surface area (Å²) in [6, 6.07) is 8.23. The molecule has 1 aromatic carbocycles. The van der Waals surface area contributed by atoms with Crippen molar-refractivity contribution >= 4 is 11.8 Å². The lowest BCUT2D eigenvalue weighted by molar-refractivity contribution is -0.00264. The van der Waals surface area contributed by atoms with E-state index < -0.39 is 5.60 Å². The molecule has 2 aliphatic rings. The Labute approximate surface area is 164 Å². The first-order chi connectivity index (χ1) is 13.4. The summed E-state index contributed by atoms with van der Waals surface area (Å²) in [4.78, 5) is 10.6. The Balaban J connectivity index is 1.47. The molecule has 1 aromatic heterocycles. The lowest BCUT2D eigenvalue weighted by Gasteiger charge is -2.31. The highest BCUT2D eigenvalue weighted by Gasteiger charge is 2.44. The van der Waals surface area contributed by atoms with E-state index in [0.29, 0.717) is 37.9 Å². The molecular weight excluding hydrogens is 358 g/mol. The summed E-state index contributed by atoms with van der Waals surface area (Å²) in [6.07, 6.45) is 0.783. The molecule has 0 aliphatic carbocycles. The van der Waals surface area contributed by atoms with Gasteiger partial charge in [0.1, 0.15) is 11.6 Å². The Kier molecular flexibility index (Phi) is 4.99. The minimum atomic E-state index is -0.518. The molecular formula is C20H27N5O3. The van der Waals surface area contributed by atoms with Crippen molar-refractivity contribution in [3.05, 3.63) is 35.4 Å². The molecule has 0 saturated carbocycles. The van der Waals surface area contributed by atoms with Gasteiger partial charge >= 0.3 is 0 Å². The van der Waals surface area contributed by atoms with Crippen molar-refractivity contribution in [2.24, 2.45) is 0 Å². The first-order valence-electron chi connectivity index (χ1n) is 9.59. The number of nitrogen functional groups attached to an aromatic ring is 2. The smallest absolute Gasteiger partial charge is 0.225 e. The van der Waals surface area contributed by atoms with Gasteiger partial charge < -0.3 is 25.7 Å². The summed E-state index contributed by atoms with van der Waals surface area (Å²) >= 11 is 0. The number of benzene rings is 1. The van der Waals surface area contributed by atoms with Crippen molar-refractivity contribution < 1.29 is 14.2 Å². The van der Waals surface area contributed by atoms with Crippen LogP contribution in [0, 0.1) is 0 Å². The molecule has 0 radical (unpaired) electrons. The number of ether oxygens (including phenoxy) is 3. The molecule has 1 atom stereocenters. The van der Waals surface area contributed by atoms with Gasteiger partial charge in [-0.1, -0.05) is 12.1 Å². The third-order valence-corrected chi connectivity index (χ3v) is 4.96. The Hall–Kier alpha value is -2.58. The molecule has 28 heavy (non-hydrogen) atoms. The van der Waals surface area contributed by atoms with Crippen molar-refractivity contribution in [2.45, 2.75) is 38.5 Å². The predicted octanol–water partition coefficient (Wildman–Crippen LogP) is 1.63. The maximum Gasteiger partial charge on any atom is 0.225 e. The highest BCUT2D eigenvalue weighted by atomic mass is 16.6. The molecule has 1 saturated heterocycles. The number of anilines is 2. The van der Waals surface area contributed by atoms with Gasteiger partial charge in [0.05, 0.1) is 24.9 Å². The van der Waals surface area contributed by atoms with E-state index in [0.717, 1.165) is 24.4 Å². The fraction of sp³-hybridized carbons (Fsp3) is 0.500. The molecule has 4 N–H and O–H groups in total. The quantitative estimate of drug-likeness (QED) is 0.817. The Morgan fingerprint density at radius 3 is 2.75 bits per heavy atom. The highest BCUT2D eigenvalue weighted by Crippen LogP contribution is 2.38. The van der Waals surface area contributed by atoms with E-state index in [1.165, 1.54) is 5.56 Å². The van der Waals surface area contributed by atoms with Crippen LogP contribution < -0.4 is 20.9 Å². The molecule has 2 aliphatic heterocycles. The van der Waals surface area contributed by atoms with Crippen molar-refractivity contribution in [3.63, 3.8) is 0 Å². The fourth-order valence-corrected chi connectivity index (χ4v) is 3.80. The van der Waals surface area contributed by atoms with Crippen molar-refractivity contribution in [3.8, 4) is 11.6 Å². The number of aromatic nitrogens is 2. The zero-order valence-electron chi connectivity index (χ0n) is 16.4. The first-order valence-corrected chi connectivity index (χ1v) is 9.59.